The second kappa shape index (κ2) is 5.73. The third-order valence-corrected chi connectivity index (χ3v) is 2.84. The molecule has 1 unspecified atom stereocenters. The number of phenolic OH excluding ortho intramolecular Hbond substituents is 1. The van der Waals surface area contributed by atoms with Gasteiger partial charge in [0.15, 0.2) is 0 Å². The van der Waals surface area contributed by atoms with Crippen LogP contribution in [0, 0.1) is 0 Å². The molecule has 0 saturated carbocycles. The Morgan fingerprint density at radius 2 is 1.94 bits per heavy atom. The zero-order valence-corrected chi connectivity index (χ0v) is 10.7. The number of aliphatic hydroxyl groups excluding tert-OH is 1. The largest absolute Gasteiger partial charge is 0.506 e. The zero-order valence-electron chi connectivity index (χ0n) is 9.17. The van der Waals surface area contributed by atoms with Gasteiger partial charge in [-0.15, -0.1) is 0 Å². The van der Waals surface area contributed by atoms with Crippen molar-refractivity contribution in [1.82, 2.24) is 5.32 Å². The van der Waals surface area contributed by atoms with Crippen molar-refractivity contribution in [2.75, 3.05) is 6.61 Å². The molecule has 1 aromatic rings. The number of hydrogen-bond acceptors (Lipinski definition) is 3. The molecular formula is C11H15Cl2NO2. The maximum Gasteiger partial charge on any atom is 0.139 e. The smallest absolute Gasteiger partial charge is 0.139 e. The van der Waals surface area contributed by atoms with E-state index in [2.05, 4.69) is 5.32 Å². The van der Waals surface area contributed by atoms with Gasteiger partial charge in [-0.25, -0.2) is 0 Å². The van der Waals surface area contributed by atoms with Gasteiger partial charge in [0.05, 0.1) is 11.6 Å². The average molecular weight is 264 g/mol. The Kier molecular flexibility index (Phi) is 4.87. The Balaban J connectivity index is 2.94. The lowest BCUT2D eigenvalue weighted by atomic mass is 10.1. The van der Waals surface area contributed by atoms with E-state index in [9.17, 15) is 5.11 Å². The van der Waals surface area contributed by atoms with Gasteiger partial charge in [-0.2, -0.15) is 0 Å². The summed E-state index contributed by atoms with van der Waals surface area (Å²) in [7, 11) is 0. The molecular weight excluding hydrogens is 249 g/mol. The summed E-state index contributed by atoms with van der Waals surface area (Å²) >= 11 is 11.7. The van der Waals surface area contributed by atoms with E-state index >= 15 is 0 Å². The SMILES string of the molecule is CC(N[C@@H](C)CO)c1cc(Cl)cc(Cl)c1O. The highest BCUT2D eigenvalue weighted by molar-refractivity contribution is 6.35. The van der Waals surface area contributed by atoms with Crippen molar-refractivity contribution in [3.8, 4) is 5.75 Å². The summed E-state index contributed by atoms with van der Waals surface area (Å²) in [4.78, 5) is 0. The van der Waals surface area contributed by atoms with Gasteiger partial charge < -0.3 is 15.5 Å². The van der Waals surface area contributed by atoms with Crippen LogP contribution >= 0.6 is 23.2 Å². The molecule has 0 amide bonds. The van der Waals surface area contributed by atoms with Gasteiger partial charge >= 0.3 is 0 Å². The van der Waals surface area contributed by atoms with Crippen molar-refractivity contribution in [1.29, 1.82) is 0 Å². The van der Waals surface area contributed by atoms with E-state index in [4.69, 9.17) is 28.3 Å². The minimum absolute atomic E-state index is 0.0243. The Labute approximate surface area is 105 Å². The predicted octanol–water partition coefficient (Wildman–Crippen LogP) is 2.73. The van der Waals surface area contributed by atoms with E-state index in [1.165, 1.54) is 6.07 Å². The number of rotatable bonds is 4. The van der Waals surface area contributed by atoms with Crippen molar-refractivity contribution in [2.24, 2.45) is 0 Å². The predicted molar refractivity (Wildman–Crippen MR) is 66.2 cm³/mol. The van der Waals surface area contributed by atoms with E-state index in [1.54, 1.807) is 6.07 Å². The Hall–Kier alpha value is -0.480. The standard InChI is InChI=1S/C11H15Cl2NO2/c1-6(5-15)14-7(2)9-3-8(12)4-10(13)11(9)16/h3-4,6-7,14-16H,5H2,1-2H3/t6-,7?/m0/s1. The van der Waals surface area contributed by atoms with Crippen LogP contribution in [0.5, 0.6) is 5.75 Å². The van der Waals surface area contributed by atoms with Crippen LogP contribution in [-0.4, -0.2) is 22.9 Å². The van der Waals surface area contributed by atoms with Gasteiger partial charge in [0.1, 0.15) is 5.75 Å². The van der Waals surface area contributed by atoms with Crippen molar-refractivity contribution in [2.45, 2.75) is 25.9 Å². The van der Waals surface area contributed by atoms with Gasteiger partial charge in [0.25, 0.3) is 0 Å². The maximum absolute atomic E-state index is 9.78. The van der Waals surface area contributed by atoms with Crippen molar-refractivity contribution < 1.29 is 10.2 Å². The van der Waals surface area contributed by atoms with E-state index in [0.29, 0.717) is 10.6 Å². The van der Waals surface area contributed by atoms with Gasteiger partial charge in [-0.05, 0) is 26.0 Å². The molecule has 90 valence electrons. The molecule has 16 heavy (non-hydrogen) atoms. The summed E-state index contributed by atoms with van der Waals surface area (Å²) in [5, 5.41) is 22.5. The maximum atomic E-state index is 9.78. The number of phenols is 1. The van der Waals surface area contributed by atoms with Gasteiger partial charge in [-0.3, -0.25) is 0 Å². The van der Waals surface area contributed by atoms with Crippen LogP contribution < -0.4 is 5.32 Å². The van der Waals surface area contributed by atoms with Crippen LogP contribution in [0.4, 0.5) is 0 Å². The van der Waals surface area contributed by atoms with Crippen LogP contribution in [0.3, 0.4) is 0 Å². The van der Waals surface area contributed by atoms with Crippen molar-refractivity contribution in [3.63, 3.8) is 0 Å². The van der Waals surface area contributed by atoms with Crippen LogP contribution in [0.15, 0.2) is 12.1 Å². The monoisotopic (exact) mass is 263 g/mol. The molecule has 0 heterocycles. The quantitative estimate of drug-likeness (QED) is 0.783. The van der Waals surface area contributed by atoms with Crippen LogP contribution in [0.1, 0.15) is 25.5 Å². The lowest BCUT2D eigenvalue weighted by molar-refractivity contribution is 0.242. The molecule has 5 heteroatoms. The fourth-order valence-electron chi connectivity index (χ4n) is 1.49. The Bertz CT molecular complexity index is 371. The minimum atomic E-state index is -0.140. The molecule has 0 spiro atoms. The summed E-state index contributed by atoms with van der Waals surface area (Å²) in [6.45, 7) is 3.74. The normalized spacial score (nSPS) is 14.8. The first-order valence-electron chi connectivity index (χ1n) is 5.00. The molecule has 0 saturated heterocycles. The zero-order chi connectivity index (χ0) is 12.3. The van der Waals surface area contributed by atoms with E-state index in [1.807, 2.05) is 13.8 Å². The second-order valence-electron chi connectivity index (χ2n) is 3.80. The number of aliphatic hydroxyl groups is 1. The molecule has 0 aromatic heterocycles. The minimum Gasteiger partial charge on any atom is -0.506 e. The molecule has 3 nitrogen and oxygen atoms in total. The second-order valence-corrected chi connectivity index (χ2v) is 4.64. The molecule has 0 radical (unpaired) electrons. The van der Waals surface area contributed by atoms with Gasteiger partial charge in [0.2, 0.25) is 0 Å². The van der Waals surface area contributed by atoms with Gasteiger partial charge in [0, 0.05) is 22.7 Å². The average Bonchev–Trinajstić information content (AvgIpc) is 2.22. The highest BCUT2D eigenvalue weighted by atomic mass is 35.5. The molecule has 1 rings (SSSR count). The lowest BCUT2D eigenvalue weighted by Gasteiger charge is -2.20. The fraction of sp³-hybridized carbons (Fsp3) is 0.455. The summed E-state index contributed by atoms with van der Waals surface area (Å²) in [5.74, 6) is 0.0243. The topological polar surface area (TPSA) is 52.5 Å². The number of benzene rings is 1. The molecule has 0 aliphatic heterocycles. The number of hydrogen-bond donors (Lipinski definition) is 3. The first kappa shape index (κ1) is 13.6. The number of halogens is 2. The lowest BCUT2D eigenvalue weighted by Crippen LogP contribution is -2.31. The third-order valence-electron chi connectivity index (χ3n) is 2.33. The first-order valence-corrected chi connectivity index (χ1v) is 5.76. The molecule has 0 bridgehead atoms. The Morgan fingerprint density at radius 3 is 2.50 bits per heavy atom. The third kappa shape index (κ3) is 3.25. The van der Waals surface area contributed by atoms with Gasteiger partial charge in [-0.1, -0.05) is 23.2 Å². The van der Waals surface area contributed by atoms with E-state index in [0.717, 1.165) is 0 Å². The van der Waals surface area contributed by atoms with Crippen molar-refractivity contribution >= 4 is 23.2 Å². The van der Waals surface area contributed by atoms with Crippen LogP contribution in [-0.2, 0) is 0 Å². The van der Waals surface area contributed by atoms with Crippen molar-refractivity contribution in [3.05, 3.63) is 27.7 Å². The van der Waals surface area contributed by atoms with E-state index < -0.39 is 0 Å². The summed E-state index contributed by atoms with van der Waals surface area (Å²) in [5.41, 5.74) is 0.623. The summed E-state index contributed by atoms with van der Waals surface area (Å²) in [6, 6.07) is 2.94. The van der Waals surface area contributed by atoms with Crippen LogP contribution in [0.2, 0.25) is 10.0 Å². The number of nitrogens with one attached hydrogen (secondary N) is 1. The van der Waals surface area contributed by atoms with Crippen LogP contribution in [0.25, 0.3) is 0 Å². The summed E-state index contributed by atoms with van der Waals surface area (Å²) in [6.07, 6.45) is 0. The molecule has 2 atom stereocenters. The summed E-state index contributed by atoms with van der Waals surface area (Å²) < 4.78 is 0. The highest BCUT2D eigenvalue weighted by Crippen LogP contribution is 2.34. The number of aromatic hydroxyl groups is 1. The molecule has 0 fully saturated rings. The Morgan fingerprint density at radius 1 is 1.31 bits per heavy atom. The molecule has 1 aromatic carbocycles. The fourth-order valence-corrected chi connectivity index (χ4v) is 1.99. The molecule has 3 N–H and O–H groups in total. The van der Waals surface area contributed by atoms with E-state index in [-0.39, 0.29) is 29.5 Å². The highest BCUT2D eigenvalue weighted by Gasteiger charge is 2.15. The molecule has 0 aliphatic carbocycles. The molecule has 0 aliphatic rings. The first-order chi connectivity index (χ1) is 7.45.